The van der Waals surface area contributed by atoms with Crippen LogP contribution in [0.4, 0.5) is 11.5 Å². The van der Waals surface area contributed by atoms with E-state index in [9.17, 15) is 0 Å². The van der Waals surface area contributed by atoms with Crippen molar-refractivity contribution in [3.8, 4) is 11.3 Å². The molecule has 4 nitrogen and oxygen atoms in total. The number of rotatable bonds is 3. The Morgan fingerprint density at radius 3 is 2.41 bits per heavy atom. The highest BCUT2D eigenvalue weighted by Gasteiger charge is 2.04. The number of thioether (sulfide) groups is 1. The van der Waals surface area contributed by atoms with E-state index < -0.39 is 0 Å². The molecule has 22 heavy (non-hydrogen) atoms. The SMILES string of the molecule is CSC(=Nc1cc(-c2ccccc2)[nH]n1)Nc1ccccc1. The van der Waals surface area contributed by atoms with Gasteiger partial charge in [0, 0.05) is 11.8 Å². The third kappa shape index (κ3) is 3.56. The van der Waals surface area contributed by atoms with Crippen molar-refractivity contribution >= 4 is 28.4 Å². The molecule has 0 spiro atoms. The van der Waals surface area contributed by atoms with Gasteiger partial charge in [-0.3, -0.25) is 5.10 Å². The van der Waals surface area contributed by atoms with E-state index in [-0.39, 0.29) is 0 Å². The quantitative estimate of drug-likeness (QED) is 0.552. The van der Waals surface area contributed by atoms with Crippen molar-refractivity contribution in [3.63, 3.8) is 0 Å². The normalized spacial score (nSPS) is 11.4. The van der Waals surface area contributed by atoms with Crippen molar-refractivity contribution in [3.05, 3.63) is 66.7 Å². The number of benzene rings is 2. The molecule has 0 aliphatic heterocycles. The monoisotopic (exact) mass is 308 g/mol. The van der Waals surface area contributed by atoms with Crippen molar-refractivity contribution in [1.82, 2.24) is 10.2 Å². The lowest BCUT2D eigenvalue weighted by molar-refractivity contribution is 1.09. The van der Waals surface area contributed by atoms with Gasteiger partial charge >= 0.3 is 0 Å². The van der Waals surface area contributed by atoms with Gasteiger partial charge in [-0.15, -0.1) is 0 Å². The minimum Gasteiger partial charge on any atom is -0.335 e. The maximum absolute atomic E-state index is 4.54. The average Bonchev–Trinajstić information content (AvgIpc) is 3.04. The first-order valence-corrected chi connectivity index (χ1v) is 8.13. The van der Waals surface area contributed by atoms with Crippen LogP contribution in [0.2, 0.25) is 0 Å². The molecular weight excluding hydrogens is 292 g/mol. The predicted molar refractivity (Wildman–Crippen MR) is 94.7 cm³/mol. The van der Waals surface area contributed by atoms with Crippen molar-refractivity contribution < 1.29 is 0 Å². The van der Waals surface area contributed by atoms with E-state index in [0.29, 0.717) is 5.82 Å². The first kappa shape index (κ1) is 14.4. The molecule has 0 radical (unpaired) electrons. The molecule has 0 aliphatic rings. The van der Waals surface area contributed by atoms with Crippen LogP contribution >= 0.6 is 11.8 Å². The van der Waals surface area contributed by atoms with Crippen LogP contribution in [-0.4, -0.2) is 21.6 Å². The Balaban J connectivity index is 1.80. The number of anilines is 1. The largest absolute Gasteiger partial charge is 0.335 e. The number of nitrogens with zero attached hydrogens (tertiary/aromatic N) is 2. The summed E-state index contributed by atoms with van der Waals surface area (Å²) in [5, 5.41) is 11.4. The maximum Gasteiger partial charge on any atom is 0.176 e. The zero-order valence-corrected chi connectivity index (χ0v) is 13.0. The molecule has 0 saturated carbocycles. The van der Waals surface area contributed by atoms with Gasteiger partial charge in [0.25, 0.3) is 0 Å². The highest BCUT2D eigenvalue weighted by Crippen LogP contribution is 2.22. The minimum atomic E-state index is 0.659. The minimum absolute atomic E-state index is 0.659. The second-order valence-electron chi connectivity index (χ2n) is 4.62. The lowest BCUT2D eigenvalue weighted by Crippen LogP contribution is -2.06. The van der Waals surface area contributed by atoms with Gasteiger partial charge in [0.1, 0.15) is 0 Å². The van der Waals surface area contributed by atoms with Crippen molar-refractivity contribution in [2.75, 3.05) is 11.6 Å². The van der Waals surface area contributed by atoms with Crippen LogP contribution in [0, 0.1) is 0 Å². The Bertz CT molecular complexity index is 751. The molecule has 3 aromatic rings. The fourth-order valence-electron chi connectivity index (χ4n) is 2.01. The highest BCUT2D eigenvalue weighted by molar-refractivity contribution is 8.13. The number of nitrogens with one attached hydrogen (secondary N) is 2. The Hall–Kier alpha value is -2.53. The Morgan fingerprint density at radius 1 is 1.05 bits per heavy atom. The van der Waals surface area contributed by atoms with E-state index >= 15 is 0 Å². The second kappa shape index (κ2) is 6.95. The van der Waals surface area contributed by atoms with Crippen LogP contribution in [-0.2, 0) is 0 Å². The molecule has 0 unspecified atom stereocenters. The lowest BCUT2D eigenvalue weighted by atomic mass is 10.2. The molecule has 2 N–H and O–H groups in total. The average molecular weight is 308 g/mol. The predicted octanol–water partition coefficient (Wildman–Crippen LogP) is 4.54. The van der Waals surface area contributed by atoms with E-state index in [0.717, 1.165) is 22.1 Å². The molecule has 5 heteroatoms. The number of amidine groups is 1. The van der Waals surface area contributed by atoms with E-state index in [2.05, 4.69) is 20.5 Å². The summed E-state index contributed by atoms with van der Waals surface area (Å²) in [6.07, 6.45) is 1.99. The first-order chi connectivity index (χ1) is 10.8. The Labute approximate surface area is 133 Å². The Kier molecular flexibility index (Phi) is 4.56. The van der Waals surface area contributed by atoms with E-state index in [1.165, 1.54) is 0 Å². The standard InChI is InChI=1S/C17H16N4S/c1-22-17(18-14-10-6-3-7-11-14)19-16-12-15(20-21-16)13-8-4-2-5-9-13/h2-12H,1H3,(H2,18,19,20,21). The highest BCUT2D eigenvalue weighted by atomic mass is 32.2. The summed E-state index contributed by atoms with van der Waals surface area (Å²) < 4.78 is 0. The van der Waals surface area contributed by atoms with E-state index in [4.69, 9.17) is 0 Å². The van der Waals surface area contributed by atoms with Crippen LogP contribution in [0.5, 0.6) is 0 Å². The third-order valence-corrected chi connectivity index (χ3v) is 3.66. The third-order valence-electron chi connectivity index (χ3n) is 3.08. The Morgan fingerprint density at radius 2 is 1.73 bits per heavy atom. The number of hydrogen-bond donors (Lipinski definition) is 2. The molecule has 110 valence electrons. The number of hydrogen-bond acceptors (Lipinski definition) is 3. The lowest BCUT2D eigenvalue weighted by Gasteiger charge is -2.05. The van der Waals surface area contributed by atoms with Gasteiger partial charge < -0.3 is 5.32 Å². The molecule has 0 saturated heterocycles. The van der Waals surface area contributed by atoms with Crippen molar-refractivity contribution in [2.24, 2.45) is 4.99 Å². The molecule has 1 heterocycles. The van der Waals surface area contributed by atoms with Gasteiger partial charge in [0.05, 0.1) is 5.69 Å². The van der Waals surface area contributed by atoms with Crippen LogP contribution in [0.15, 0.2) is 71.7 Å². The molecule has 0 atom stereocenters. The smallest absolute Gasteiger partial charge is 0.176 e. The van der Waals surface area contributed by atoms with Crippen molar-refractivity contribution in [2.45, 2.75) is 0 Å². The van der Waals surface area contributed by atoms with Crippen LogP contribution in [0.1, 0.15) is 0 Å². The van der Waals surface area contributed by atoms with Gasteiger partial charge in [-0.05, 0) is 24.0 Å². The zero-order valence-electron chi connectivity index (χ0n) is 12.2. The zero-order chi connectivity index (χ0) is 15.2. The van der Waals surface area contributed by atoms with Crippen LogP contribution in [0.3, 0.4) is 0 Å². The summed E-state index contributed by atoms with van der Waals surface area (Å²) in [6, 6.07) is 22.0. The molecule has 3 rings (SSSR count). The number of aliphatic imine (C=N–C) groups is 1. The van der Waals surface area contributed by atoms with Crippen LogP contribution < -0.4 is 5.32 Å². The first-order valence-electron chi connectivity index (χ1n) is 6.91. The topological polar surface area (TPSA) is 53.1 Å². The summed E-state index contributed by atoms with van der Waals surface area (Å²) in [6.45, 7) is 0. The summed E-state index contributed by atoms with van der Waals surface area (Å²) >= 11 is 1.55. The van der Waals surface area contributed by atoms with Gasteiger partial charge in [0.15, 0.2) is 11.0 Å². The van der Waals surface area contributed by atoms with Gasteiger partial charge in [-0.2, -0.15) is 5.10 Å². The second-order valence-corrected chi connectivity index (χ2v) is 5.41. The number of para-hydroxylation sites is 1. The molecular formula is C17H16N4S. The summed E-state index contributed by atoms with van der Waals surface area (Å²) in [5.74, 6) is 0.659. The maximum atomic E-state index is 4.54. The number of H-pyrrole nitrogens is 1. The van der Waals surface area contributed by atoms with Gasteiger partial charge in [-0.25, -0.2) is 4.99 Å². The van der Waals surface area contributed by atoms with Crippen LogP contribution in [0.25, 0.3) is 11.3 Å². The summed E-state index contributed by atoms with van der Waals surface area (Å²) in [5.41, 5.74) is 3.06. The molecule has 2 aromatic carbocycles. The summed E-state index contributed by atoms with van der Waals surface area (Å²) in [7, 11) is 0. The van der Waals surface area contributed by atoms with Crippen molar-refractivity contribution in [1.29, 1.82) is 0 Å². The van der Waals surface area contributed by atoms with Gasteiger partial charge in [-0.1, -0.05) is 60.3 Å². The molecule has 1 aromatic heterocycles. The molecule has 0 amide bonds. The number of aromatic nitrogens is 2. The van der Waals surface area contributed by atoms with Gasteiger partial charge in [0.2, 0.25) is 0 Å². The fraction of sp³-hybridized carbons (Fsp3) is 0.0588. The summed E-state index contributed by atoms with van der Waals surface area (Å²) in [4.78, 5) is 4.54. The molecule has 0 bridgehead atoms. The van der Waals surface area contributed by atoms with E-state index in [1.807, 2.05) is 73.0 Å². The number of aromatic amines is 1. The van der Waals surface area contributed by atoms with E-state index in [1.54, 1.807) is 11.8 Å². The molecule has 0 aliphatic carbocycles. The molecule has 0 fully saturated rings. The fourth-order valence-corrected chi connectivity index (χ4v) is 2.41.